The monoisotopic (exact) mass is 266 g/mol. The molecule has 1 aromatic carbocycles. The van der Waals surface area contributed by atoms with Crippen molar-refractivity contribution in [3.63, 3.8) is 0 Å². The Balaban J connectivity index is 2.46. The van der Waals surface area contributed by atoms with Crippen LogP contribution in [0.1, 0.15) is 5.56 Å². The molecule has 0 heterocycles. The van der Waals surface area contributed by atoms with E-state index in [1.54, 1.807) is 12.1 Å². The van der Waals surface area contributed by atoms with Gasteiger partial charge in [-0.2, -0.15) is 11.8 Å². The highest BCUT2D eigenvalue weighted by Gasteiger charge is 2.05. The van der Waals surface area contributed by atoms with Crippen molar-refractivity contribution in [2.24, 2.45) is 0 Å². The van der Waals surface area contributed by atoms with Crippen molar-refractivity contribution in [2.75, 3.05) is 12.4 Å². The second kappa shape index (κ2) is 6.61. The normalized spacial score (nSPS) is 12.8. The molecule has 0 unspecified atom stereocenters. The molecule has 84 valence electrons. The van der Waals surface area contributed by atoms with Gasteiger partial charge in [-0.25, -0.2) is 0 Å². The fourth-order valence-electron chi connectivity index (χ4n) is 1.01. The zero-order valence-electron chi connectivity index (χ0n) is 7.99. The molecule has 5 heteroatoms. The Bertz CT molecular complexity index is 320. The Labute approximate surface area is 103 Å². The number of benzene rings is 1. The molecule has 0 aliphatic rings. The molecule has 1 atom stereocenters. The molecule has 15 heavy (non-hydrogen) atoms. The van der Waals surface area contributed by atoms with Gasteiger partial charge < -0.3 is 10.2 Å². The molecule has 2 N–H and O–H groups in total. The maximum absolute atomic E-state index is 9.13. The lowest BCUT2D eigenvalue weighted by atomic mass is 10.2. The number of hydrogen-bond acceptors (Lipinski definition) is 3. The van der Waals surface area contributed by atoms with E-state index in [-0.39, 0.29) is 6.61 Å². The number of aliphatic hydroxyl groups is 2. The quantitative estimate of drug-likeness (QED) is 0.861. The minimum atomic E-state index is -0.673. The van der Waals surface area contributed by atoms with Gasteiger partial charge in [0.05, 0.1) is 12.7 Å². The zero-order chi connectivity index (χ0) is 11.3. The standard InChI is InChI=1S/C10H12Cl2O2S/c11-8-1-2-10(12)7(3-8)5-15-6-9(14)4-13/h1-3,9,13-14H,4-6H2/t9-/m1/s1. The summed E-state index contributed by atoms with van der Waals surface area (Å²) in [4.78, 5) is 0. The molecule has 2 nitrogen and oxygen atoms in total. The molecule has 0 amide bonds. The van der Waals surface area contributed by atoms with Crippen LogP contribution in [-0.4, -0.2) is 28.7 Å². The van der Waals surface area contributed by atoms with Gasteiger partial charge in [0.1, 0.15) is 0 Å². The van der Waals surface area contributed by atoms with Gasteiger partial charge in [0.15, 0.2) is 0 Å². The van der Waals surface area contributed by atoms with E-state index >= 15 is 0 Å². The van der Waals surface area contributed by atoms with E-state index in [0.29, 0.717) is 21.6 Å². The topological polar surface area (TPSA) is 40.5 Å². The number of hydrogen-bond donors (Lipinski definition) is 2. The molecule has 0 saturated carbocycles. The summed E-state index contributed by atoms with van der Waals surface area (Å²) < 4.78 is 0. The Kier molecular flexibility index (Phi) is 5.79. The minimum Gasteiger partial charge on any atom is -0.394 e. The van der Waals surface area contributed by atoms with E-state index < -0.39 is 6.10 Å². The fourth-order valence-corrected chi connectivity index (χ4v) is 2.42. The summed E-state index contributed by atoms with van der Waals surface area (Å²) in [5, 5.41) is 19.1. The predicted octanol–water partition coefficient (Wildman–Crippen LogP) is 2.58. The van der Waals surface area contributed by atoms with Crippen molar-refractivity contribution in [2.45, 2.75) is 11.9 Å². The van der Waals surface area contributed by atoms with Crippen LogP contribution in [0, 0.1) is 0 Å². The summed E-state index contributed by atoms with van der Waals surface area (Å²) in [5.74, 6) is 1.16. The van der Waals surface area contributed by atoms with Gasteiger partial charge in [0, 0.05) is 21.6 Å². The van der Waals surface area contributed by atoms with Crippen molar-refractivity contribution >= 4 is 35.0 Å². The molecule has 0 fully saturated rings. The Morgan fingerprint density at radius 3 is 2.73 bits per heavy atom. The molecule has 0 aliphatic heterocycles. The summed E-state index contributed by atoms with van der Waals surface area (Å²) in [6.07, 6.45) is -0.673. The number of aliphatic hydroxyl groups excluding tert-OH is 2. The molecular formula is C10H12Cl2O2S. The van der Waals surface area contributed by atoms with E-state index in [2.05, 4.69) is 0 Å². The van der Waals surface area contributed by atoms with Crippen LogP contribution in [-0.2, 0) is 5.75 Å². The molecule has 0 aromatic heterocycles. The third-order valence-electron chi connectivity index (χ3n) is 1.79. The van der Waals surface area contributed by atoms with Crippen LogP contribution in [0.15, 0.2) is 18.2 Å². The SMILES string of the molecule is OC[C@@H](O)CSCc1cc(Cl)ccc1Cl. The molecule has 1 aromatic rings. The van der Waals surface area contributed by atoms with Gasteiger partial charge in [0.2, 0.25) is 0 Å². The highest BCUT2D eigenvalue weighted by atomic mass is 35.5. The first-order chi connectivity index (χ1) is 7.13. The van der Waals surface area contributed by atoms with Crippen molar-refractivity contribution < 1.29 is 10.2 Å². The van der Waals surface area contributed by atoms with E-state index in [4.69, 9.17) is 33.4 Å². The summed E-state index contributed by atoms with van der Waals surface area (Å²) in [6.45, 7) is -0.212. The van der Waals surface area contributed by atoms with E-state index in [9.17, 15) is 0 Å². The van der Waals surface area contributed by atoms with Crippen LogP contribution in [0.4, 0.5) is 0 Å². The first-order valence-corrected chi connectivity index (χ1v) is 6.35. The van der Waals surface area contributed by atoms with Gasteiger partial charge in [0.25, 0.3) is 0 Å². The summed E-state index contributed by atoms with van der Waals surface area (Å²) in [5.41, 5.74) is 0.944. The van der Waals surface area contributed by atoms with Crippen LogP contribution in [0.25, 0.3) is 0 Å². The lowest BCUT2D eigenvalue weighted by Gasteiger charge is -2.07. The van der Waals surface area contributed by atoms with Crippen molar-refractivity contribution in [3.8, 4) is 0 Å². The van der Waals surface area contributed by atoms with Crippen molar-refractivity contribution in [1.82, 2.24) is 0 Å². The highest BCUT2D eigenvalue weighted by molar-refractivity contribution is 7.98. The van der Waals surface area contributed by atoms with Gasteiger partial charge in [-0.1, -0.05) is 23.2 Å². The summed E-state index contributed by atoms with van der Waals surface area (Å²) in [6, 6.07) is 5.30. The lowest BCUT2D eigenvalue weighted by molar-refractivity contribution is 0.113. The van der Waals surface area contributed by atoms with Crippen LogP contribution in [0.3, 0.4) is 0 Å². The molecule has 0 bridgehead atoms. The van der Waals surface area contributed by atoms with Crippen LogP contribution in [0.5, 0.6) is 0 Å². The van der Waals surface area contributed by atoms with Gasteiger partial charge in [-0.05, 0) is 23.8 Å². The third-order valence-corrected chi connectivity index (χ3v) is 3.53. The molecule has 0 radical (unpaired) electrons. The van der Waals surface area contributed by atoms with Crippen LogP contribution >= 0.6 is 35.0 Å². The van der Waals surface area contributed by atoms with Gasteiger partial charge in [-0.3, -0.25) is 0 Å². The number of thioether (sulfide) groups is 1. The average molecular weight is 267 g/mol. The van der Waals surface area contributed by atoms with Crippen LogP contribution in [0.2, 0.25) is 10.0 Å². The molecule has 0 saturated heterocycles. The zero-order valence-corrected chi connectivity index (χ0v) is 10.3. The largest absolute Gasteiger partial charge is 0.394 e. The fraction of sp³-hybridized carbons (Fsp3) is 0.400. The second-order valence-electron chi connectivity index (χ2n) is 3.09. The van der Waals surface area contributed by atoms with E-state index in [1.807, 2.05) is 6.07 Å². The van der Waals surface area contributed by atoms with E-state index in [0.717, 1.165) is 5.56 Å². The second-order valence-corrected chi connectivity index (χ2v) is 4.96. The summed E-state index contributed by atoms with van der Waals surface area (Å²) in [7, 11) is 0. The minimum absolute atomic E-state index is 0.212. The Morgan fingerprint density at radius 2 is 2.07 bits per heavy atom. The first kappa shape index (κ1) is 13.1. The van der Waals surface area contributed by atoms with Crippen LogP contribution < -0.4 is 0 Å². The van der Waals surface area contributed by atoms with E-state index in [1.165, 1.54) is 11.8 Å². The Hall–Kier alpha value is 0.0700. The smallest absolute Gasteiger partial charge is 0.0861 e. The molecule has 0 aliphatic carbocycles. The van der Waals surface area contributed by atoms with Gasteiger partial charge >= 0.3 is 0 Å². The van der Waals surface area contributed by atoms with Crippen molar-refractivity contribution in [1.29, 1.82) is 0 Å². The van der Waals surface area contributed by atoms with Crippen molar-refractivity contribution in [3.05, 3.63) is 33.8 Å². The molecule has 0 spiro atoms. The predicted molar refractivity (Wildman–Crippen MR) is 65.7 cm³/mol. The highest BCUT2D eigenvalue weighted by Crippen LogP contribution is 2.24. The maximum atomic E-state index is 9.13. The molecule has 1 rings (SSSR count). The first-order valence-electron chi connectivity index (χ1n) is 4.44. The third kappa shape index (κ3) is 4.62. The van der Waals surface area contributed by atoms with Gasteiger partial charge in [-0.15, -0.1) is 0 Å². The molecular weight excluding hydrogens is 255 g/mol. The summed E-state index contributed by atoms with van der Waals surface area (Å²) >= 11 is 13.3. The lowest BCUT2D eigenvalue weighted by Crippen LogP contribution is -2.14. The Morgan fingerprint density at radius 1 is 1.33 bits per heavy atom. The number of halogens is 2. The average Bonchev–Trinajstić information content (AvgIpc) is 2.23. The maximum Gasteiger partial charge on any atom is 0.0861 e. The number of rotatable bonds is 5.